The number of fused-ring (bicyclic) bond motifs is 1. The molecule has 3 nitrogen and oxygen atoms in total. The molecule has 0 aliphatic carbocycles. The van der Waals surface area contributed by atoms with Gasteiger partial charge in [0.15, 0.2) is 0 Å². The fraction of sp³-hybridized carbons (Fsp3) is 0.231. The Balaban J connectivity index is 2.55. The molecule has 0 atom stereocenters. The second-order valence-electron chi connectivity index (χ2n) is 3.53. The van der Waals surface area contributed by atoms with Crippen molar-refractivity contribution in [2.45, 2.75) is 12.8 Å². The SMILES string of the molecule is COc1ccc(CCC=O)c2cccnc12. The molecule has 0 radical (unpaired) electrons. The van der Waals surface area contributed by atoms with Gasteiger partial charge in [-0.25, -0.2) is 0 Å². The monoisotopic (exact) mass is 215 g/mol. The molecule has 0 saturated heterocycles. The molecule has 2 rings (SSSR count). The van der Waals surface area contributed by atoms with Crippen molar-refractivity contribution in [3.63, 3.8) is 0 Å². The Kier molecular flexibility index (Phi) is 3.15. The van der Waals surface area contributed by atoms with Crippen molar-refractivity contribution in [2.24, 2.45) is 0 Å². The molecule has 1 aromatic heterocycles. The fourth-order valence-corrected chi connectivity index (χ4v) is 1.80. The van der Waals surface area contributed by atoms with Gasteiger partial charge in [0.1, 0.15) is 17.6 Å². The third kappa shape index (κ3) is 1.89. The molecule has 0 aliphatic rings. The Morgan fingerprint density at radius 2 is 2.25 bits per heavy atom. The first kappa shape index (κ1) is 10.6. The maximum atomic E-state index is 10.4. The number of rotatable bonds is 4. The van der Waals surface area contributed by atoms with Gasteiger partial charge in [-0.1, -0.05) is 12.1 Å². The van der Waals surface area contributed by atoms with E-state index in [0.29, 0.717) is 6.42 Å². The Hall–Kier alpha value is -1.90. The highest BCUT2D eigenvalue weighted by Crippen LogP contribution is 2.26. The van der Waals surface area contributed by atoms with Gasteiger partial charge in [0.25, 0.3) is 0 Å². The quantitative estimate of drug-likeness (QED) is 0.735. The van der Waals surface area contributed by atoms with Gasteiger partial charge in [-0.15, -0.1) is 0 Å². The van der Waals surface area contributed by atoms with E-state index in [2.05, 4.69) is 4.98 Å². The number of hydrogen-bond donors (Lipinski definition) is 0. The second-order valence-corrected chi connectivity index (χ2v) is 3.53. The van der Waals surface area contributed by atoms with Crippen LogP contribution < -0.4 is 4.74 Å². The molecule has 0 amide bonds. The van der Waals surface area contributed by atoms with Crippen LogP contribution in [-0.2, 0) is 11.2 Å². The minimum atomic E-state index is 0.538. The van der Waals surface area contributed by atoms with E-state index in [1.807, 2.05) is 24.3 Å². The molecule has 2 aromatic rings. The number of hydrogen-bond acceptors (Lipinski definition) is 3. The van der Waals surface area contributed by atoms with E-state index in [9.17, 15) is 4.79 Å². The van der Waals surface area contributed by atoms with E-state index in [0.717, 1.165) is 34.9 Å². The highest BCUT2D eigenvalue weighted by molar-refractivity contribution is 5.87. The molecule has 0 bridgehead atoms. The van der Waals surface area contributed by atoms with Crippen molar-refractivity contribution < 1.29 is 9.53 Å². The smallest absolute Gasteiger partial charge is 0.145 e. The van der Waals surface area contributed by atoms with Gasteiger partial charge in [0.05, 0.1) is 7.11 Å². The van der Waals surface area contributed by atoms with Crippen molar-refractivity contribution in [1.29, 1.82) is 0 Å². The first-order valence-electron chi connectivity index (χ1n) is 5.21. The van der Waals surface area contributed by atoms with Crippen LogP contribution in [0.2, 0.25) is 0 Å². The zero-order chi connectivity index (χ0) is 11.4. The normalized spacial score (nSPS) is 10.3. The lowest BCUT2D eigenvalue weighted by Gasteiger charge is -2.08. The number of pyridine rings is 1. The topological polar surface area (TPSA) is 39.2 Å². The average molecular weight is 215 g/mol. The summed E-state index contributed by atoms with van der Waals surface area (Å²) in [5, 5.41) is 1.06. The second kappa shape index (κ2) is 4.75. The molecule has 0 unspecified atom stereocenters. The van der Waals surface area contributed by atoms with Crippen LogP contribution in [0.1, 0.15) is 12.0 Å². The molecule has 1 aromatic carbocycles. The van der Waals surface area contributed by atoms with Crippen LogP contribution in [0.5, 0.6) is 5.75 Å². The maximum absolute atomic E-state index is 10.4. The van der Waals surface area contributed by atoms with Gasteiger partial charge >= 0.3 is 0 Å². The Morgan fingerprint density at radius 3 is 3.00 bits per heavy atom. The minimum Gasteiger partial charge on any atom is -0.494 e. The number of nitrogens with zero attached hydrogens (tertiary/aromatic N) is 1. The van der Waals surface area contributed by atoms with Gasteiger partial charge in [-0.3, -0.25) is 4.98 Å². The number of benzene rings is 1. The molecule has 0 N–H and O–H groups in total. The van der Waals surface area contributed by atoms with Gasteiger partial charge < -0.3 is 9.53 Å². The Labute approximate surface area is 94.1 Å². The third-order valence-corrected chi connectivity index (χ3v) is 2.57. The molecule has 1 heterocycles. The Bertz CT molecular complexity index is 508. The molecular formula is C13H13NO2. The minimum absolute atomic E-state index is 0.538. The van der Waals surface area contributed by atoms with Crippen LogP contribution >= 0.6 is 0 Å². The molecule has 0 spiro atoms. The van der Waals surface area contributed by atoms with Crippen LogP contribution in [-0.4, -0.2) is 18.4 Å². The van der Waals surface area contributed by atoms with E-state index < -0.39 is 0 Å². The molecule has 16 heavy (non-hydrogen) atoms. The number of aldehydes is 1. The highest BCUT2D eigenvalue weighted by atomic mass is 16.5. The van der Waals surface area contributed by atoms with E-state index in [1.165, 1.54) is 0 Å². The highest BCUT2D eigenvalue weighted by Gasteiger charge is 2.06. The lowest BCUT2D eigenvalue weighted by atomic mass is 10.0. The summed E-state index contributed by atoms with van der Waals surface area (Å²) in [6.07, 6.45) is 3.97. The van der Waals surface area contributed by atoms with Crippen LogP contribution in [0.15, 0.2) is 30.5 Å². The number of aromatic nitrogens is 1. The maximum Gasteiger partial charge on any atom is 0.145 e. The standard InChI is InChI=1S/C13H13NO2/c1-16-12-7-6-10(4-3-9-15)11-5-2-8-14-13(11)12/h2,5-9H,3-4H2,1H3. The van der Waals surface area contributed by atoms with E-state index in [-0.39, 0.29) is 0 Å². The molecule has 0 fully saturated rings. The number of carbonyl (C=O) groups excluding carboxylic acids is 1. The molecule has 82 valence electrons. The summed E-state index contributed by atoms with van der Waals surface area (Å²) in [4.78, 5) is 14.7. The zero-order valence-electron chi connectivity index (χ0n) is 9.14. The van der Waals surface area contributed by atoms with E-state index in [4.69, 9.17) is 4.74 Å². The van der Waals surface area contributed by atoms with E-state index in [1.54, 1.807) is 13.3 Å². The van der Waals surface area contributed by atoms with E-state index >= 15 is 0 Å². The van der Waals surface area contributed by atoms with Crippen molar-refractivity contribution >= 4 is 17.2 Å². The van der Waals surface area contributed by atoms with Crippen molar-refractivity contribution in [2.75, 3.05) is 7.11 Å². The van der Waals surface area contributed by atoms with Gasteiger partial charge in [0.2, 0.25) is 0 Å². The lowest BCUT2D eigenvalue weighted by Crippen LogP contribution is -1.93. The molecular weight excluding hydrogens is 202 g/mol. The summed E-state index contributed by atoms with van der Waals surface area (Å²) in [7, 11) is 1.63. The van der Waals surface area contributed by atoms with Crippen LogP contribution in [0.3, 0.4) is 0 Å². The summed E-state index contributed by atoms with van der Waals surface area (Å²) in [6.45, 7) is 0. The molecule has 3 heteroatoms. The number of aryl methyl sites for hydroxylation is 1. The largest absolute Gasteiger partial charge is 0.494 e. The van der Waals surface area contributed by atoms with Gasteiger partial charge in [0, 0.05) is 18.0 Å². The summed E-state index contributed by atoms with van der Waals surface area (Å²) >= 11 is 0. The number of carbonyl (C=O) groups is 1. The third-order valence-electron chi connectivity index (χ3n) is 2.57. The summed E-state index contributed by atoms with van der Waals surface area (Å²) in [5.74, 6) is 0.769. The van der Waals surface area contributed by atoms with Gasteiger partial charge in [-0.05, 0) is 24.1 Å². The van der Waals surface area contributed by atoms with Crippen LogP contribution in [0.25, 0.3) is 10.9 Å². The van der Waals surface area contributed by atoms with Crippen LogP contribution in [0, 0.1) is 0 Å². The molecule has 0 saturated carbocycles. The predicted octanol–water partition coefficient (Wildman–Crippen LogP) is 2.37. The summed E-state index contributed by atoms with van der Waals surface area (Å²) < 4.78 is 5.25. The zero-order valence-corrected chi connectivity index (χ0v) is 9.14. The van der Waals surface area contributed by atoms with Crippen molar-refractivity contribution in [3.05, 3.63) is 36.0 Å². The number of methoxy groups -OCH3 is 1. The first-order valence-corrected chi connectivity index (χ1v) is 5.21. The predicted molar refractivity (Wildman–Crippen MR) is 62.7 cm³/mol. The fourth-order valence-electron chi connectivity index (χ4n) is 1.80. The average Bonchev–Trinajstić information content (AvgIpc) is 2.36. The van der Waals surface area contributed by atoms with Crippen LogP contribution in [0.4, 0.5) is 0 Å². The first-order chi connectivity index (χ1) is 7.86. The molecule has 0 aliphatic heterocycles. The van der Waals surface area contributed by atoms with Crippen molar-refractivity contribution in [3.8, 4) is 5.75 Å². The van der Waals surface area contributed by atoms with Gasteiger partial charge in [-0.2, -0.15) is 0 Å². The van der Waals surface area contributed by atoms with Crippen molar-refractivity contribution in [1.82, 2.24) is 4.98 Å². The number of ether oxygens (including phenoxy) is 1. The Morgan fingerprint density at radius 1 is 1.38 bits per heavy atom. The lowest BCUT2D eigenvalue weighted by molar-refractivity contribution is -0.107. The summed E-state index contributed by atoms with van der Waals surface area (Å²) in [6, 6.07) is 7.79. The summed E-state index contributed by atoms with van der Waals surface area (Å²) in [5.41, 5.74) is 1.99.